The molecule has 1 aromatic heterocycles. The number of rotatable bonds is 10. The van der Waals surface area contributed by atoms with Gasteiger partial charge in [0.05, 0.1) is 17.6 Å². The number of nitrogens with one attached hydrogen (secondary N) is 1. The van der Waals surface area contributed by atoms with E-state index >= 15 is 0 Å². The maximum Gasteiger partial charge on any atom is 0.243 e. The molecule has 5 heteroatoms. The van der Waals surface area contributed by atoms with Crippen LogP contribution in [-0.4, -0.2) is 28.6 Å². The molecule has 0 aliphatic carbocycles. The van der Waals surface area contributed by atoms with E-state index in [1.54, 1.807) is 6.08 Å². The van der Waals surface area contributed by atoms with E-state index in [-0.39, 0.29) is 5.91 Å². The van der Waals surface area contributed by atoms with Gasteiger partial charge in [0.1, 0.15) is 18.2 Å². The molecule has 0 unspecified atom stereocenters. The van der Waals surface area contributed by atoms with Gasteiger partial charge in [0.25, 0.3) is 0 Å². The van der Waals surface area contributed by atoms with E-state index in [4.69, 9.17) is 9.72 Å². The summed E-state index contributed by atoms with van der Waals surface area (Å²) in [5.41, 5.74) is 5.43. The minimum Gasteiger partial charge on any atom is -0.491 e. The average Bonchev–Trinajstić information content (AvgIpc) is 3.20. The van der Waals surface area contributed by atoms with Gasteiger partial charge in [-0.05, 0) is 61.2 Å². The van der Waals surface area contributed by atoms with Crippen LogP contribution in [0.25, 0.3) is 17.1 Å². The van der Waals surface area contributed by atoms with Crippen molar-refractivity contribution in [3.05, 3.63) is 101 Å². The maximum absolute atomic E-state index is 12.1. The standard InChI is InChI=1S/C29H31N3O2/c1-22-14-15-23(2)27(21-22)34-20-19-32-26-12-7-6-11-25(26)31-28(32)13-8-18-30-29(33)17-16-24-9-4-3-5-10-24/h3-7,9-12,14-17,21H,8,13,18-20H2,1-2H3,(H,30,33)/b17-16+. The SMILES string of the molecule is Cc1ccc(C)c(OCCn2c(CCCNC(=O)/C=C/c3ccccc3)nc3ccccc32)c1. The highest BCUT2D eigenvalue weighted by Crippen LogP contribution is 2.20. The molecule has 0 spiro atoms. The average molecular weight is 454 g/mol. The molecule has 0 aliphatic heterocycles. The number of para-hydroxylation sites is 2. The Labute approximate surface area is 201 Å². The summed E-state index contributed by atoms with van der Waals surface area (Å²) in [7, 11) is 0. The highest BCUT2D eigenvalue weighted by Gasteiger charge is 2.11. The van der Waals surface area contributed by atoms with E-state index < -0.39 is 0 Å². The molecule has 0 radical (unpaired) electrons. The van der Waals surface area contributed by atoms with Crippen molar-refractivity contribution in [3.8, 4) is 5.75 Å². The number of carbonyl (C=O) groups excluding carboxylic acids is 1. The Hall–Kier alpha value is -3.86. The Morgan fingerprint density at radius 1 is 1.03 bits per heavy atom. The second kappa shape index (κ2) is 11.3. The predicted molar refractivity (Wildman–Crippen MR) is 138 cm³/mol. The second-order valence-electron chi connectivity index (χ2n) is 8.42. The van der Waals surface area contributed by atoms with E-state index in [9.17, 15) is 4.79 Å². The molecule has 34 heavy (non-hydrogen) atoms. The van der Waals surface area contributed by atoms with Crippen LogP contribution in [0.15, 0.2) is 78.9 Å². The molecule has 0 atom stereocenters. The number of imidazole rings is 1. The molecule has 4 rings (SSSR count). The number of amides is 1. The van der Waals surface area contributed by atoms with Crippen LogP contribution in [0, 0.1) is 13.8 Å². The van der Waals surface area contributed by atoms with E-state index in [1.807, 2.05) is 54.6 Å². The van der Waals surface area contributed by atoms with Crippen LogP contribution in [0.3, 0.4) is 0 Å². The van der Waals surface area contributed by atoms with Crippen LogP contribution in [0.5, 0.6) is 5.75 Å². The summed E-state index contributed by atoms with van der Waals surface area (Å²) in [6.45, 7) is 6.02. The third kappa shape index (κ3) is 6.13. The van der Waals surface area contributed by atoms with Crippen LogP contribution in [0.4, 0.5) is 0 Å². The Morgan fingerprint density at radius 2 is 1.82 bits per heavy atom. The van der Waals surface area contributed by atoms with Crippen molar-refractivity contribution in [2.24, 2.45) is 0 Å². The lowest BCUT2D eigenvalue weighted by Gasteiger charge is -2.13. The lowest BCUT2D eigenvalue weighted by Crippen LogP contribution is -2.23. The molecule has 0 fully saturated rings. The van der Waals surface area contributed by atoms with Gasteiger partial charge in [-0.2, -0.15) is 0 Å². The first-order chi connectivity index (χ1) is 16.6. The summed E-state index contributed by atoms with van der Waals surface area (Å²) in [6, 6.07) is 24.3. The van der Waals surface area contributed by atoms with Crippen molar-refractivity contribution in [3.63, 3.8) is 0 Å². The van der Waals surface area contributed by atoms with Crippen LogP contribution in [-0.2, 0) is 17.8 Å². The summed E-state index contributed by atoms with van der Waals surface area (Å²) < 4.78 is 8.34. The smallest absolute Gasteiger partial charge is 0.243 e. The molecule has 1 amide bonds. The van der Waals surface area contributed by atoms with E-state index in [2.05, 4.69) is 48.0 Å². The summed E-state index contributed by atoms with van der Waals surface area (Å²) in [6.07, 6.45) is 4.99. The number of aryl methyl sites for hydroxylation is 3. The minimum absolute atomic E-state index is 0.0840. The molecule has 0 bridgehead atoms. The Kier molecular flexibility index (Phi) is 7.76. The quantitative estimate of drug-likeness (QED) is 0.255. The molecule has 0 aliphatic rings. The van der Waals surface area contributed by atoms with Gasteiger partial charge in [0.2, 0.25) is 5.91 Å². The van der Waals surface area contributed by atoms with Crippen LogP contribution >= 0.6 is 0 Å². The van der Waals surface area contributed by atoms with Crippen molar-refractivity contribution in [1.82, 2.24) is 14.9 Å². The first kappa shape index (κ1) is 23.3. The fourth-order valence-corrected chi connectivity index (χ4v) is 3.93. The zero-order valence-electron chi connectivity index (χ0n) is 19.8. The number of fused-ring (bicyclic) bond motifs is 1. The normalized spacial score (nSPS) is 11.2. The third-order valence-corrected chi connectivity index (χ3v) is 5.75. The number of nitrogens with zero attached hydrogens (tertiary/aromatic N) is 2. The highest BCUT2D eigenvalue weighted by molar-refractivity contribution is 5.91. The summed E-state index contributed by atoms with van der Waals surface area (Å²) >= 11 is 0. The van der Waals surface area contributed by atoms with Gasteiger partial charge in [-0.15, -0.1) is 0 Å². The van der Waals surface area contributed by atoms with Crippen molar-refractivity contribution in [2.45, 2.75) is 33.2 Å². The summed E-state index contributed by atoms with van der Waals surface area (Å²) in [4.78, 5) is 17.0. The third-order valence-electron chi connectivity index (χ3n) is 5.75. The van der Waals surface area contributed by atoms with E-state index in [1.165, 1.54) is 5.56 Å². The van der Waals surface area contributed by atoms with Gasteiger partial charge >= 0.3 is 0 Å². The Bertz CT molecular complexity index is 1280. The molecule has 0 saturated carbocycles. The molecule has 1 heterocycles. The number of benzene rings is 3. The van der Waals surface area contributed by atoms with Gasteiger partial charge in [-0.25, -0.2) is 4.98 Å². The molecular formula is C29H31N3O2. The zero-order chi connectivity index (χ0) is 23.8. The largest absolute Gasteiger partial charge is 0.491 e. The van der Waals surface area contributed by atoms with Crippen molar-refractivity contribution in [2.75, 3.05) is 13.2 Å². The Morgan fingerprint density at radius 3 is 2.68 bits per heavy atom. The molecule has 4 aromatic rings. The molecule has 3 aromatic carbocycles. The maximum atomic E-state index is 12.1. The van der Waals surface area contributed by atoms with Crippen LogP contribution < -0.4 is 10.1 Å². The molecule has 174 valence electrons. The fourth-order valence-electron chi connectivity index (χ4n) is 3.93. The van der Waals surface area contributed by atoms with Crippen LogP contribution in [0.1, 0.15) is 28.9 Å². The first-order valence-corrected chi connectivity index (χ1v) is 11.8. The van der Waals surface area contributed by atoms with Gasteiger partial charge in [-0.3, -0.25) is 4.79 Å². The van der Waals surface area contributed by atoms with Gasteiger partial charge in [0.15, 0.2) is 0 Å². The fraction of sp³-hybridized carbons (Fsp3) is 0.241. The lowest BCUT2D eigenvalue weighted by atomic mass is 10.1. The van der Waals surface area contributed by atoms with Gasteiger partial charge in [0, 0.05) is 19.0 Å². The van der Waals surface area contributed by atoms with Gasteiger partial charge < -0.3 is 14.6 Å². The number of aromatic nitrogens is 2. The number of hydrogen-bond donors (Lipinski definition) is 1. The minimum atomic E-state index is -0.0840. The molecular weight excluding hydrogens is 422 g/mol. The zero-order valence-corrected chi connectivity index (χ0v) is 19.8. The van der Waals surface area contributed by atoms with Crippen molar-refractivity contribution in [1.29, 1.82) is 0 Å². The monoisotopic (exact) mass is 453 g/mol. The van der Waals surface area contributed by atoms with Gasteiger partial charge in [-0.1, -0.05) is 54.6 Å². The predicted octanol–water partition coefficient (Wildman–Crippen LogP) is 5.49. The summed E-state index contributed by atoms with van der Waals surface area (Å²) in [5.74, 6) is 1.86. The molecule has 1 N–H and O–H groups in total. The van der Waals surface area contributed by atoms with Crippen molar-refractivity contribution < 1.29 is 9.53 Å². The molecule has 0 saturated heterocycles. The van der Waals surface area contributed by atoms with Crippen molar-refractivity contribution >= 4 is 23.0 Å². The topological polar surface area (TPSA) is 56.1 Å². The Balaban J connectivity index is 1.34. The highest BCUT2D eigenvalue weighted by atomic mass is 16.5. The number of ether oxygens (including phenoxy) is 1. The second-order valence-corrected chi connectivity index (χ2v) is 8.42. The number of carbonyl (C=O) groups is 1. The van der Waals surface area contributed by atoms with E-state index in [0.717, 1.165) is 53.1 Å². The van der Waals surface area contributed by atoms with Crippen LogP contribution in [0.2, 0.25) is 0 Å². The summed E-state index contributed by atoms with van der Waals surface area (Å²) in [5, 5.41) is 2.97. The first-order valence-electron chi connectivity index (χ1n) is 11.8. The lowest BCUT2D eigenvalue weighted by molar-refractivity contribution is -0.116. The van der Waals surface area contributed by atoms with E-state index in [0.29, 0.717) is 13.2 Å². The number of hydrogen-bond acceptors (Lipinski definition) is 3. The molecule has 5 nitrogen and oxygen atoms in total.